The smallest absolute Gasteiger partial charge is 0.194 e. The van der Waals surface area contributed by atoms with Gasteiger partial charge in [0.15, 0.2) is 5.78 Å². The van der Waals surface area contributed by atoms with Crippen LogP contribution in [-0.2, 0) is 0 Å². The molecule has 0 spiro atoms. The Labute approximate surface area is 129 Å². The van der Waals surface area contributed by atoms with E-state index >= 15 is 0 Å². The first kappa shape index (κ1) is 13.7. The average molecular weight is 415 g/mol. The Balaban J connectivity index is 2.51. The number of ketones is 1. The molecule has 0 atom stereocenters. The van der Waals surface area contributed by atoms with Crippen molar-refractivity contribution in [2.75, 3.05) is 0 Å². The Bertz CT molecular complexity index is 620. The molecule has 0 N–H and O–H groups in total. The highest BCUT2D eigenvalue weighted by Crippen LogP contribution is 2.24. The van der Waals surface area contributed by atoms with Gasteiger partial charge >= 0.3 is 0 Å². The van der Waals surface area contributed by atoms with Crippen molar-refractivity contribution in [3.63, 3.8) is 0 Å². The highest BCUT2D eigenvalue weighted by atomic mass is 127. The third kappa shape index (κ3) is 2.83. The molecule has 0 aliphatic carbocycles. The number of benzene rings is 2. The zero-order valence-electron chi connectivity index (χ0n) is 10.1. The summed E-state index contributed by atoms with van der Waals surface area (Å²) in [7, 11) is 0. The molecule has 0 aliphatic heterocycles. The second-order valence-electron chi connectivity index (χ2n) is 4.27. The lowest BCUT2D eigenvalue weighted by Crippen LogP contribution is -2.05. The van der Waals surface area contributed by atoms with E-state index in [2.05, 4.69) is 38.5 Å². The van der Waals surface area contributed by atoms with Crippen LogP contribution in [0.3, 0.4) is 0 Å². The first-order valence-corrected chi connectivity index (χ1v) is 7.43. The zero-order valence-corrected chi connectivity index (χ0v) is 13.9. The maximum absolute atomic E-state index is 12.5. The predicted octanol–water partition coefficient (Wildman–Crippen LogP) is 4.90. The van der Waals surface area contributed by atoms with Gasteiger partial charge < -0.3 is 0 Å². The minimum absolute atomic E-state index is 0.0675. The Morgan fingerprint density at radius 3 is 2.44 bits per heavy atom. The lowest BCUT2D eigenvalue weighted by atomic mass is 9.98. The average Bonchev–Trinajstić information content (AvgIpc) is 2.31. The molecule has 2 aromatic rings. The monoisotopic (exact) mass is 414 g/mol. The number of hydrogen-bond donors (Lipinski definition) is 0. The second-order valence-corrected chi connectivity index (χ2v) is 6.37. The molecule has 0 amide bonds. The SMILES string of the molecule is Cc1ccc(C(=O)c2cc(I)ccc2Br)c(C)c1. The highest BCUT2D eigenvalue weighted by molar-refractivity contribution is 14.1. The van der Waals surface area contributed by atoms with Crippen LogP contribution in [0.4, 0.5) is 0 Å². The molecule has 18 heavy (non-hydrogen) atoms. The second kappa shape index (κ2) is 5.53. The van der Waals surface area contributed by atoms with Gasteiger partial charge in [0, 0.05) is 19.2 Å². The number of aryl methyl sites for hydroxylation is 2. The van der Waals surface area contributed by atoms with Crippen molar-refractivity contribution in [2.45, 2.75) is 13.8 Å². The van der Waals surface area contributed by atoms with Gasteiger partial charge in [0.05, 0.1) is 0 Å². The molecule has 0 saturated heterocycles. The minimum Gasteiger partial charge on any atom is -0.289 e. The van der Waals surface area contributed by atoms with E-state index in [1.165, 1.54) is 5.56 Å². The molecule has 0 unspecified atom stereocenters. The van der Waals surface area contributed by atoms with Crippen molar-refractivity contribution >= 4 is 44.3 Å². The first-order valence-electron chi connectivity index (χ1n) is 5.56. The van der Waals surface area contributed by atoms with Crippen LogP contribution in [-0.4, -0.2) is 5.78 Å². The summed E-state index contributed by atoms with van der Waals surface area (Å²) in [5.74, 6) is 0.0675. The van der Waals surface area contributed by atoms with Crippen molar-refractivity contribution in [3.8, 4) is 0 Å². The van der Waals surface area contributed by atoms with Crippen LogP contribution in [0.25, 0.3) is 0 Å². The van der Waals surface area contributed by atoms with Crippen LogP contribution >= 0.6 is 38.5 Å². The van der Waals surface area contributed by atoms with E-state index in [1.807, 2.05) is 50.2 Å². The molecule has 0 radical (unpaired) electrons. The van der Waals surface area contributed by atoms with Gasteiger partial charge in [-0.15, -0.1) is 0 Å². The quantitative estimate of drug-likeness (QED) is 0.504. The summed E-state index contributed by atoms with van der Waals surface area (Å²) in [6, 6.07) is 11.7. The molecule has 0 saturated carbocycles. The largest absolute Gasteiger partial charge is 0.289 e. The summed E-state index contributed by atoms with van der Waals surface area (Å²) in [4.78, 5) is 12.5. The summed E-state index contributed by atoms with van der Waals surface area (Å²) in [6.07, 6.45) is 0. The molecular weight excluding hydrogens is 403 g/mol. The Morgan fingerprint density at radius 2 is 1.78 bits per heavy atom. The summed E-state index contributed by atoms with van der Waals surface area (Å²) in [5, 5.41) is 0. The molecular formula is C15H12BrIO. The van der Waals surface area contributed by atoms with E-state index in [4.69, 9.17) is 0 Å². The summed E-state index contributed by atoms with van der Waals surface area (Å²) >= 11 is 5.66. The third-order valence-electron chi connectivity index (χ3n) is 2.80. The van der Waals surface area contributed by atoms with Gasteiger partial charge in [-0.2, -0.15) is 0 Å². The fourth-order valence-electron chi connectivity index (χ4n) is 1.88. The lowest BCUT2D eigenvalue weighted by Gasteiger charge is -2.08. The minimum atomic E-state index is 0.0675. The van der Waals surface area contributed by atoms with E-state index in [0.717, 1.165) is 19.2 Å². The van der Waals surface area contributed by atoms with Crippen molar-refractivity contribution in [1.82, 2.24) is 0 Å². The van der Waals surface area contributed by atoms with Crippen molar-refractivity contribution in [3.05, 3.63) is 66.7 Å². The van der Waals surface area contributed by atoms with Gasteiger partial charge in [-0.1, -0.05) is 39.7 Å². The normalized spacial score (nSPS) is 10.4. The standard InChI is InChI=1S/C15H12BrIO/c1-9-3-5-12(10(2)7-9)15(18)13-8-11(17)4-6-14(13)16/h3-8H,1-2H3. The van der Waals surface area contributed by atoms with E-state index in [0.29, 0.717) is 5.56 Å². The van der Waals surface area contributed by atoms with E-state index in [1.54, 1.807) is 0 Å². The van der Waals surface area contributed by atoms with Crippen LogP contribution in [0.1, 0.15) is 27.0 Å². The van der Waals surface area contributed by atoms with Crippen molar-refractivity contribution in [1.29, 1.82) is 0 Å². The molecule has 92 valence electrons. The fraction of sp³-hybridized carbons (Fsp3) is 0.133. The zero-order chi connectivity index (χ0) is 13.3. The fourth-order valence-corrected chi connectivity index (χ4v) is 2.80. The molecule has 0 heterocycles. The number of hydrogen-bond acceptors (Lipinski definition) is 1. The molecule has 3 heteroatoms. The van der Waals surface area contributed by atoms with E-state index < -0.39 is 0 Å². The van der Waals surface area contributed by atoms with Crippen LogP contribution in [0.5, 0.6) is 0 Å². The molecule has 0 bridgehead atoms. The summed E-state index contributed by atoms with van der Waals surface area (Å²) in [6.45, 7) is 4.00. The number of halogens is 2. The molecule has 0 aromatic heterocycles. The Kier molecular flexibility index (Phi) is 4.22. The number of carbonyl (C=O) groups excluding carboxylic acids is 1. The van der Waals surface area contributed by atoms with Gasteiger partial charge in [-0.25, -0.2) is 0 Å². The van der Waals surface area contributed by atoms with Crippen molar-refractivity contribution < 1.29 is 4.79 Å². The Morgan fingerprint density at radius 1 is 1.06 bits per heavy atom. The maximum atomic E-state index is 12.5. The van der Waals surface area contributed by atoms with Gasteiger partial charge in [-0.05, 0) is 60.2 Å². The number of carbonyl (C=O) groups is 1. The van der Waals surface area contributed by atoms with Gasteiger partial charge in [0.1, 0.15) is 0 Å². The number of rotatable bonds is 2. The lowest BCUT2D eigenvalue weighted by molar-refractivity contribution is 0.103. The molecule has 0 fully saturated rings. The molecule has 0 aliphatic rings. The third-order valence-corrected chi connectivity index (χ3v) is 4.16. The van der Waals surface area contributed by atoms with Crippen LogP contribution in [0, 0.1) is 17.4 Å². The predicted molar refractivity (Wildman–Crippen MR) is 86.2 cm³/mol. The first-order chi connectivity index (χ1) is 8.49. The van der Waals surface area contributed by atoms with Crippen LogP contribution in [0.15, 0.2) is 40.9 Å². The molecule has 2 rings (SSSR count). The maximum Gasteiger partial charge on any atom is 0.194 e. The molecule has 2 aromatic carbocycles. The van der Waals surface area contributed by atoms with Gasteiger partial charge in [0.2, 0.25) is 0 Å². The van der Waals surface area contributed by atoms with E-state index in [-0.39, 0.29) is 5.78 Å². The van der Waals surface area contributed by atoms with Crippen molar-refractivity contribution in [2.24, 2.45) is 0 Å². The topological polar surface area (TPSA) is 17.1 Å². The van der Waals surface area contributed by atoms with Gasteiger partial charge in [-0.3, -0.25) is 4.79 Å². The van der Waals surface area contributed by atoms with Gasteiger partial charge in [0.25, 0.3) is 0 Å². The van der Waals surface area contributed by atoms with Crippen LogP contribution in [0.2, 0.25) is 0 Å². The summed E-state index contributed by atoms with van der Waals surface area (Å²) < 4.78 is 1.90. The van der Waals surface area contributed by atoms with Crippen LogP contribution < -0.4 is 0 Å². The summed E-state index contributed by atoms with van der Waals surface area (Å²) in [5.41, 5.74) is 3.67. The highest BCUT2D eigenvalue weighted by Gasteiger charge is 2.15. The van der Waals surface area contributed by atoms with E-state index in [9.17, 15) is 4.79 Å². The molecule has 1 nitrogen and oxygen atoms in total. The Hall–Kier alpha value is -0.680.